The molecule has 3 fully saturated rings. The van der Waals surface area contributed by atoms with Crippen LogP contribution in [-0.4, -0.2) is 23.4 Å². The van der Waals surface area contributed by atoms with E-state index in [1.165, 1.54) is 19.3 Å². The fraction of sp³-hybridized carbons (Fsp3) is 0.826. The Morgan fingerprint density at radius 2 is 1.93 bits per heavy atom. The predicted molar refractivity (Wildman–Crippen MR) is 107 cm³/mol. The molecule has 0 saturated heterocycles. The smallest absolute Gasteiger partial charge is 0.243 e. The molecule has 4 heteroatoms. The summed E-state index contributed by atoms with van der Waals surface area (Å²) in [6.07, 6.45) is 10.8. The average Bonchev–Trinajstić information content (AvgIpc) is 2.89. The molecule has 4 nitrogen and oxygen atoms in total. The molecular weight excluding hydrogens is 336 g/mol. The molecule has 7 atom stereocenters. The van der Waals surface area contributed by atoms with Crippen LogP contribution < -0.4 is 10.6 Å². The standard InChI is InChI=1S/C23H36N2O2/c1-21(2,3)25-20(27)16-8-7-15-12-14-6-9-18-22(4,11-10-19(26)24-18)17(14)13-23(15,16)5/h10-11,14-18H,6-9,12-13H2,1-5H3,(H,24,26)(H,25,27)/t14-,15-,16+,17-,18+,22+,23+/m0/s1. The van der Waals surface area contributed by atoms with Gasteiger partial charge in [0.15, 0.2) is 0 Å². The van der Waals surface area contributed by atoms with Crippen molar-refractivity contribution in [2.24, 2.45) is 34.5 Å². The highest BCUT2D eigenvalue weighted by atomic mass is 16.2. The van der Waals surface area contributed by atoms with E-state index in [4.69, 9.17) is 0 Å². The Kier molecular flexibility index (Phi) is 4.29. The number of fused-ring (bicyclic) bond motifs is 4. The molecule has 3 aliphatic carbocycles. The van der Waals surface area contributed by atoms with Crippen LogP contribution in [0.4, 0.5) is 0 Å². The van der Waals surface area contributed by atoms with Crippen molar-refractivity contribution in [3.8, 4) is 0 Å². The van der Waals surface area contributed by atoms with Gasteiger partial charge in [0, 0.05) is 22.9 Å². The van der Waals surface area contributed by atoms with Crippen molar-refractivity contribution in [2.75, 3.05) is 0 Å². The zero-order valence-electron chi connectivity index (χ0n) is 17.6. The van der Waals surface area contributed by atoms with Gasteiger partial charge in [-0.2, -0.15) is 0 Å². The third-order valence-electron chi connectivity index (χ3n) is 8.45. The lowest BCUT2D eigenvalue weighted by molar-refractivity contribution is -0.134. The second-order valence-electron chi connectivity index (χ2n) is 11.2. The summed E-state index contributed by atoms with van der Waals surface area (Å²) in [5.74, 6) is 2.37. The molecule has 2 amide bonds. The van der Waals surface area contributed by atoms with Crippen LogP contribution in [0.25, 0.3) is 0 Å². The zero-order chi connectivity index (χ0) is 19.6. The summed E-state index contributed by atoms with van der Waals surface area (Å²) in [5.41, 5.74) is -0.0732. The lowest BCUT2D eigenvalue weighted by Gasteiger charge is -2.58. The van der Waals surface area contributed by atoms with Crippen LogP contribution in [0.3, 0.4) is 0 Å². The molecule has 0 aromatic rings. The molecular formula is C23H36N2O2. The first-order valence-electron chi connectivity index (χ1n) is 10.8. The van der Waals surface area contributed by atoms with Crippen LogP contribution >= 0.6 is 0 Å². The molecule has 1 heterocycles. The number of carbonyl (C=O) groups excluding carboxylic acids is 2. The van der Waals surface area contributed by atoms with Crippen LogP contribution in [-0.2, 0) is 9.59 Å². The highest BCUT2D eigenvalue weighted by Crippen LogP contribution is 2.64. The molecule has 1 aliphatic heterocycles. The van der Waals surface area contributed by atoms with Gasteiger partial charge in [-0.3, -0.25) is 9.59 Å². The van der Waals surface area contributed by atoms with E-state index >= 15 is 0 Å². The van der Waals surface area contributed by atoms with Gasteiger partial charge >= 0.3 is 0 Å². The highest BCUT2D eigenvalue weighted by Gasteiger charge is 2.60. The van der Waals surface area contributed by atoms with E-state index in [2.05, 4.69) is 51.3 Å². The van der Waals surface area contributed by atoms with Crippen molar-refractivity contribution < 1.29 is 9.59 Å². The lowest BCUT2D eigenvalue weighted by atomic mass is 9.48. The summed E-state index contributed by atoms with van der Waals surface area (Å²) in [6.45, 7) is 10.9. The van der Waals surface area contributed by atoms with E-state index in [0.717, 1.165) is 25.2 Å². The van der Waals surface area contributed by atoms with Crippen LogP contribution in [0.1, 0.15) is 73.1 Å². The van der Waals surface area contributed by atoms with Gasteiger partial charge in [-0.15, -0.1) is 0 Å². The fourth-order valence-electron chi connectivity index (χ4n) is 7.00. The number of hydrogen-bond donors (Lipinski definition) is 2. The molecule has 4 rings (SSSR count). The van der Waals surface area contributed by atoms with Crippen molar-refractivity contribution in [2.45, 2.75) is 84.7 Å². The van der Waals surface area contributed by atoms with E-state index in [0.29, 0.717) is 11.8 Å². The molecule has 4 aliphatic rings. The monoisotopic (exact) mass is 372 g/mol. The Morgan fingerprint density at radius 3 is 2.63 bits per heavy atom. The molecule has 2 N–H and O–H groups in total. The van der Waals surface area contributed by atoms with E-state index in [1.54, 1.807) is 6.08 Å². The van der Waals surface area contributed by atoms with Gasteiger partial charge in [0.05, 0.1) is 0 Å². The minimum absolute atomic E-state index is 0.0262. The Labute approximate surface area is 163 Å². The summed E-state index contributed by atoms with van der Waals surface area (Å²) in [6, 6.07) is 0.250. The summed E-state index contributed by atoms with van der Waals surface area (Å²) in [7, 11) is 0. The van der Waals surface area contributed by atoms with Crippen molar-refractivity contribution in [1.29, 1.82) is 0 Å². The van der Waals surface area contributed by atoms with E-state index in [1.807, 2.05) is 0 Å². The maximum Gasteiger partial charge on any atom is 0.243 e. The number of carbonyl (C=O) groups is 2. The van der Waals surface area contributed by atoms with Gasteiger partial charge in [-0.05, 0) is 88.5 Å². The van der Waals surface area contributed by atoms with Crippen molar-refractivity contribution in [1.82, 2.24) is 10.6 Å². The van der Waals surface area contributed by atoms with Gasteiger partial charge in [-0.25, -0.2) is 0 Å². The summed E-state index contributed by atoms with van der Waals surface area (Å²) in [5, 5.41) is 6.48. The molecule has 27 heavy (non-hydrogen) atoms. The minimum Gasteiger partial charge on any atom is -0.351 e. The third-order valence-corrected chi connectivity index (χ3v) is 8.45. The maximum absolute atomic E-state index is 13.1. The Morgan fingerprint density at radius 1 is 1.19 bits per heavy atom. The van der Waals surface area contributed by atoms with Gasteiger partial charge in [-0.1, -0.05) is 19.9 Å². The normalized spacial score (nSPS) is 46.1. The molecule has 0 radical (unpaired) electrons. The molecule has 0 unspecified atom stereocenters. The van der Waals surface area contributed by atoms with Gasteiger partial charge < -0.3 is 10.6 Å². The maximum atomic E-state index is 13.1. The van der Waals surface area contributed by atoms with Crippen molar-refractivity contribution >= 4 is 11.8 Å². The second kappa shape index (κ2) is 6.09. The zero-order valence-corrected chi connectivity index (χ0v) is 17.6. The van der Waals surface area contributed by atoms with Gasteiger partial charge in [0.1, 0.15) is 0 Å². The lowest BCUT2D eigenvalue weighted by Crippen LogP contribution is -2.59. The Bertz CT molecular complexity index is 678. The average molecular weight is 373 g/mol. The molecule has 0 bridgehead atoms. The van der Waals surface area contributed by atoms with Crippen LogP contribution in [0, 0.1) is 34.5 Å². The number of amides is 2. The number of rotatable bonds is 1. The quantitative estimate of drug-likeness (QED) is 0.735. The first kappa shape index (κ1) is 19.0. The van der Waals surface area contributed by atoms with E-state index < -0.39 is 0 Å². The van der Waals surface area contributed by atoms with Crippen LogP contribution in [0.15, 0.2) is 12.2 Å². The number of hydrogen-bond acceptors (Lipinski definition) is 2. The Hall–Kier alpha value is -1.32. The van der Waals surface area contributed by atoms with E-state index in [-0.39, 0.29) is 40.1 Å². The largest absolute Gasteiger partial charge is 0.351 e. The topological polar surface area (TPSA) is 58.2 Å². The van der Waals surface area contributed by atoms with Crippen molar-refractivity contribution in [3.05, 3.63) is 12.2 Å². The molecule has 3 saturated carbocycles. The minimum atomic E-state index is -0.180. The van der Waals surface area contributed by atoms with Crippen molar-refractivity contribution in [3.63, 3.8) is 0 Å². The first-order valence-corrected chi connectivity index (χ1v) is 10.8. The van der Waals surface area contributed by atoms with E-state index in [9.17, 15) is 9.59 Å². The van der Waals surface area contributed by atoms with Gasteiger partial charge in [0.25, 0.3) is 0 Å². The van der Waals surface area contributed by atoms with Crippen LogP contribution in [0.2, 0.25) is 0 Å². The predicted octanol–water partition coefficient (Wildman–Crippen LogP) is 3.81. The molecule has 150 valence electrons. The second-order valence-corrected chi connectivity index (χ2v) is 11.2. The van der Waals surface area contributed by atoms with Crippen LogP contribution in [0.5, 0.6) is 0 Å². The first-order chi connectivity index (χ1) is 12.5. The van der Waals surface area contributed by atoms with Gasteiger partial charge in [0.2, 0.25) is 11.8 Å². The molecule has 0 aromatic carbocycles. The Balaban J connectivity index is 1.62. The summed E-state index contributed by atoms with van der Waals surface area (Å²) in [4.78, 5) is 25.0. The summed E-state index contributed by atoms with van der Waals surface area (Å²) >= 11 is 0. The summed E-state index contributed by atoms with van der Waals surface area (Å²) < 4.78 is 0. The fourth-order valence-corrected chi connectivity index (χ4v) is 7.00. The molecule has 0 aromatic heterocycles. The molecule has 0 spiro atoms. The highest BCUT2D eigenvalue weighted by molar-refractivity contribution is 5.89. The SMILES string of the molecule is CC(C)(C)NC(=O)[C@H]1CC[C@H]2C[C@@H]3CC[C@H]4NC(=O)C=C[C@]4(C)[C@H]3C[C@]21C. The number of nitrogens with one attached hydrogen (secondary N) is 2. The third kappa shape index (κ3) is 3.03.